The molecule has 2 aromatic rings. The zero-order chi connectivity index (χ0) is 18.2. The van der Waals surface area contributed by atoms with Crippen molar-refractivity contribution >= 4 is 11.9 Å². The van der Waals surface area contributed by atoms with Crippen LogP contribution in [0.25, 0.3) is 0 Å². The molecule has 0 aliphatic heterocycles. The van der Waals surface area contributed by atoms with Gasteiger partial charge in [0, 0.05) is 18.3 Å². The summed E-state index contributed by atoms with van der Waals surface area (Å²) in [5.41, 5.74) is 1.51. The van der Waals surface area contributed by atoms with Gasteiger partial charge >= 0.3 is 0 Å². The van der Waals surface area contributed by atoms with E-state index in [9.17, 15) is 9.59 Å². The Morgan fingerprint density at radius 1 is 1.24 bits per heavy atom. The molecular formula is C19H26N4O2. The summed E-state index contributed by atoms with van der Waals surface area (Å²) in [4.78, 5) is 31.4. The maximum absolute atomic E-state index is 12.7. The van der Waals surface area contributed by atoms with E-state index in [4.69, 9.17) is 0 Å². The predicted molar refractivity (Wildman–Crippen MR) is 99.4 cm³/mol. The minimum absolute atomic E-state index is 0.0892. The summed E-state index contributed by atoms with van der Waals surface area (Å²) >= 11 is 0. The number of nitrogens with zero attached hydrogens (tertiary/aromatic N) is 1. The second-order valence-electron chi connectivity index (χ2n) is 6.15. The second-order valence-corrected chi connectivity index (χ2v) is 6.15. The van der Waals surface area contributed by atoms with Crippen molar-refractivity contribution in [1.29, 1.82) is 0 Å². The number of carbonyl (C=O) groups excluding carboxylic acids is 1. The maximum atomic E-state index is 12.7. The van der Waals surface area contributed by atoms with E-state index >= 15 is 0 Å². The number of aryl methyl sites for hydroxylation is 1. The van der Waals surface area contributed by atoms with Crippen LogP contribution in [0.1, 0.15) is 38.4 Å². The number of aromatic nitrogens is 2. The van der Waals surface area contributed by atoms with Crippen LogP contribution in [0.2, 0.25) is 0 Å². The van der Waals surface area contributed by atoms with E-state index in [2.05, 4.69) is 20.6 Å². The fourth-order valence-corrected chi connectivity index (χ4v) is 2.50. The van der Waals surface area contributed by atoms with Gasteiger partial charge in [-0.1, -0.05) is 57.5 Å². The molecule has 0 fully saturated rings. The van der Waals surface area contributed by atoms with Gasteiger partial charge in [0.2, 0.25) is 11.9 Å². The molecule has 0 spiro atoms. The van der Waals surface area contributed by atoms with Crippen LogP contribution in [-0.4, -0.2) is 21.9 Å². The summed E-state index contributed by atoms with van der Waals surface area (Å²) in [5.74, 6) is 0.318. The van der Waals surface area contributed by atoms with Crippen molar-refractivity contribution in [3.05, 3.63) is 58.0 Å². The molecule has 6 heteroatoms. The Labute approximate surface area is 148 Å². The number of hydrogen-bond donors (Lipinski definition) is 3. The van der Waals surface area contributed by atoms with Gasteiger partial charge < -0.3 is 10.6 Å². The number of hydrogen-bond acceptors (Lipinski definition) is 4. The lowest BCUT2D eigenvalue weighted by atomic mass is 9.98. The largest absolute Gasteiger partial charge is 0.350 e. The molecule has 0 aliphatic rings. The highest BCUT2D eigenvalue weighted by Gasteiger charge is 2.24. The standard InChI is InChI=1S/C19H26N4O2/c1-4-13(3)17(18(25)20-12-14-9-7-6-8-10-14)23-19-21-15(5-2)11-16(24)22-19/h6-11,13,17H,4-5,12H2,1-3H3,(H,20,25)(H2,21,22,23,24)/t13-,17?/m0/s1. The number of H-pyrrole nitrogens is 1. The number of carbonyl (C=O) groups is 1. The van der Waals surface area contributed by atoms with Crippen LogP contribution >= 0.6 is 0 Å². The third kappa shape index (κ3) is 5.45. The van der Waals surface area contributed by atoms with Crippen LogP contribution in [-0.2, 0) is 17.8 Å². The highest BCUT2D eigenvalue weighted by Crippen LogP contribution is 2.13. The fourth-order valence-electron chi connectivity index (χ4n) is 2.50. The molecule has 1 heterocycles. The normalized spacial score (nSPS) is 13.1. The van der Waals surface area contributed by atoms with Gasteiger partial charge in [-0.3, -0.25) is 14.6 Å². The maximum Gasteiger partial charge on any atom is 0.252 e. The van der Waals surface area contributed by atoms with Crippen molar-refractivity contribution in [3.8, 4) is 0 Å². The molecule has 134 valence electrons. The summed E-state index contributed by atoms with van der Waals surface area (Å²) in [6.07, 6.45) is 1.49. The molecule has 0 saturated carbocycles. The van der Waals surface area contributed by atoms with Crippen molar-refractivity contribution < 1.29 is 4.79 Å². The summed E-state index contributed by atoms with van der Waals surface area (Å²) in [6.45, 7) is 6.43. The summed E-state index contributed by atoms with van der Waals surface area (Å²) < 4.78 is 0. The van der Waals surface area contributed by atoms with Gasteiger partial charge in [0.1, 0.15) is 6.04 Å². The molecule has 25 heavy (non-hydrogen) atoms. The minimum Gasteiger partial charge on any atom is -0.350 e. The van der Waals surface area contributed by atoms with Gasteiger partial charge in [-0.2, -0.15) is 0 Å². The van der Waals surface area contributed by atoms with Crippen molar-refractivity contribution in [2.75, 3.05) is 5.32 Å². The van der Waals surface area contributed by atoms with Crippen molar-refractivity contribution in [2.24, 2.45) is 5.92 Å². The fraction of sp³-hybridized carbons (Fsp3) is 0.421. The average Bonchev–Trinajstić information content (AvgIpc) is 2.63. The van der Waals surface area contributed by atoms with Crippen LogP contribution in [0, 0.1) is 5.92 Å². The Balaban J connectivity index is 2.11. The Kier molecular flexibility index (Phi) is 6.74. The quantitative estimate of drug-likeness (QED) is 0.688. The Bertz CT molecular complexity index is 743. The molecule has 0 aliphatic carbocycles. The Morgan fingerprint density at radius 2 is 1.96 bits per heavy atom. The van der Waals surface area contributed by atoms with Gasteiger partial charge in [0.15, 0.2) is 0 Å². The van der Waals surface area contributed by atoms with Crippen molar-refractivity contribution in [3.63, 3.8) is 0 Å². The number of benzene rings is 1. The third-order valence-corrected chi connectivity index (χ3v) is 4.25. The van der Waals surface area contributed by atoms with Crippen LogP contribution < -0.4 is 16.2 Å². The average molecular weight is 342 g/mol. The topological polar surface area (TPSA) is 86.9 Å². The zero-order valence-corrected chi connectivity index (χ0v) is 15.0. The van der Waals surface area contributed by atoms with Gasteiger partial charge in [0.25, 0.3) is 5.56 Å². The van der Waals surface area contributed by atoms with Gasteiger partial charge in [0.05, 0.1) is 0 Å². The first-order valence-electron chi connectivity index (χ1n) is 8.71. The van der Waals surface area contributed by atoms with E-state index in [1.165, 1.54) is 6.07 Å². The molecule has 2 atom stereocenters. The summed E-state index contributed by atoms with van der Waals surface area (Å²) in [5, 5.41) is 6.06. The molecule has 6 nitrogen and oxygen atoms in total. The number of amides is 1. The first kappa shape index (κ1) is 18.7. The summed E-state index contributed by atoms with van der Waals surface area (Å²) in [6, 6.07) is 10.8. The number of anilines is 1. The minimum atomic E-state index is -0.469. The highest BCUT2D eigenvalue weighted by molar-refractivity contribution is 5.84. The van der Waals surface area contributed by atoms with E-state index in [0.29, 0.717) is 24.6 Å². The van der Waals surface area contributed by atoms with Crippen molar-refractivity contribution in [1.82, 2.24) is 15.3 Å². The smallest absolute Gasteiger partial charge is 0.252 e. The molecule has 1 aromatic heterocycles. The molecule has 3 N–H and O–H groups in total. The van der Waals surface area contributed by atoms with E-state index in [1.807, 2.05) is 51.1 Å². The lowest BCUT2D eigenvalue weighted by Crippen LogP contribution is -2.44. The molecular weight excluding hydrogens is 316 g/mol. The molecule has 1 amide bonds. The lowest BCUT2D eigenvalue weighted by Gasteiger charge is -2.24. The van der Waals surface area contributed by atoms with E-state index in [1.54, 1.807) is 0 Å². The highest BCUT2D eigenvalue weighted by atomic mass is 16.2. The molecule has 1 aromatic carbocycles. The molecule has 2 rings (SSSR count). The van der Waals surface area contributed by atoms with E-state index in [-0.39, 0.29) is 17.4 Å². The van der Waals surface area contributed by atoms with Crippen LogP contribution in [0.3, 0.4) is 0 Å². The molecule has 0 saturated heterocycles. The predicted octanol–water partition coefficient (Wildman–Crippen LogP) is 2.48. The Morgan fingerprint density at radius 3 is 2.60 bits per heavy atom. The molecule has 0 bridgehead atoms. The molecule has 0 radical (unpaired) electrons. The van der Waals surface area contributed by atoms with E-state index < -0.39 is 6.04 Å². The van der Waals surface area contributed by atoms with E-state index in [0.717, 1.165) is 12.0 Å². The van der Waals surface area contributed by atoms with Crippen LogP contribution in [0.4, 0.5) is 5.95 Å². The first-order chi connectivity index (χ1) is 12.0. The number of nitrogens with one attached hydrogen (secondary N) is 3. The van der Waals surface area contributed by atoms with Crippen LogP contribution in [0.15, 0.2) is 41.2 Å². The van der Waals surface area contributed by atoms with Gasteiger partial charge in [-0.25, -0.2) is 4.98 Å². The Hall–Kier alpha value is -2.63. The first-order valence-corrected chi connectivity index (χ1v) is 8.71. The zero-order valence-electron chi connectivity index (χ0n) is 15.0. The SMILES string of the molecule is CCc1cc(=O)[nH]c(NC(C(=O)NCc2ccccc2)[C@@H](C)CC)n1. The van der Waals surface area contributed by atoms with Crippen molar-refractivity contribution in [2.45, 2.75) is 46.2 Å². The number of aromatic amines is 1. The lowest BCUT2D eigenvalue weighted by molar-refractivity contribution is -0.123. The molecule has 1 unspecified atom stereocenters. The monoisotopic (exact) mass is 342 g/mol. The second kappa shape index (κ2) is 9.01. The number of rotatable bonds is 8. The summed E-state index contributed by atoms with van der Waals surface area (Å²) in [7, 11) is 0. The van der Waals surface area contributed by atoms with Gasteiger partial charge in [-0.15, -0.1) is 0 Å². The van der Waals surface area contributed by atoms with Crippen LogP contribution in [0.5, 0.6) is 0 Å². The third-order valence-electron chi connectivity index (χ3n) is 4.25. The van der Waals surface area contributed by atoms with Gasteiger partial charge in [-0.05, 0) is 17.9 Å².